The highest BCUT2D eigenvalue weighted by atomic mass is 16.5. The molecule has 2 N–H and O–H groups in total. The van der Waals surface area contributed by atoms with Gasteiger partial charge < -0.3 is 29.3 Å². The number of morpholine rings is 1. The van der Waals surface area contributed by atoms with E-state index in [4.69, 9.17) is 14.2 Å². The summed E-state index contributed by atoms with van der Waals surface area (Å²) in [6.07, 6.45) is 0. The molecule has 0 radical (unpaired) electrons. The van der Waals surface area contributed by atoms with Gasteiger partial charge in [-0.05, 0) is 60.0 Å². The molecule has 0 aromatic heterocycles. The molecule has 0 saturated carbocycles. The average Bonchev–Trinajstić information content (AvgIpc) is 3.25. The van der Waals surface area contributed by atoms with Crippen molar-refractivity contribution >= 4 is 17.4 Å². The number of aliphatic hydroxyl groups excluding tert-OH is 1. The first-order chi connectivity index (χ1) is 19.9. The Labute approximate surface area is 239 Å². The number of ketones is 1. The number of Topliss-reactive ketones (excluding diaryl/α,β-unsaturated/α-hetero) is 1. The Morgan fingerprint density at radius 2 is 1.73 bits per heavy atom. The Morgan fingerprint density at radius 3 is 2.44 bits per heavy atom. The minimum atomic E-state index is -0.859. The van der Waals surface area contributed by atoms with Crippen LogP contribution in [-0.4, -0.2) is 78.2 Å². The number of aliphatic hydroxyl groups is 1. The SMILES string of the molecule is COc1cc([C@@H]2/C(=C(\O)c3ccc(OCc4ccccc4C)cc3)C(=O)C(=O)N2CCN2CCOCC2)ccc1O. The molecule has 9 heteroatoms. The highest BCUT2D eigenvalue weighted by molar-refractivity contribution is 6.46. The molecular weight excluding hydrogens is 524 g/mol. The number of nitrogens with zero attached hydrogens (tertiary/aromatic N) is 2. The third-order valence-corrected chi connectivity index (χ3v) is 7.60. The summed E-state index contributed by atoms with van der Waals surface area (Å²) in [7, 11) is 1.43. The van der Waals surface area contributed by atoms with E-state index in [0.717, 1.165) is 24.2 Å². The lowest BCUT2D eigenvalue weighted by Gasteiger charge is -2.31. The molecule has 2 aliphatic heterocycles. The van der Waals surface area contributed by atoms with Crippen molar-refractivity contribution in [1.29, 1.82) is 0 Å². The van der Waals surface area contributed by atoms with E-state index in [0.29, 0.717) is 43.2 Å². The lowest BCUT2D eigenvalue weighted by molar-refractivity contribution is -0.140. The second kappa shape index (κ2) is 12.4. The van der Waals surface area contributed by atoms with Gasteiger partial charge in [-0.3, -0.25) is 14.5 Å². The van der Waals surface area contributed by atoms with Crippen molar-refractivity contribution in [3.63, 3.8) is 0 Å². The quantitative estimate of drug-likeness (QED) is 0.230. The normalized spacial score (nSPS) is 19.0. The monoisotopic (exact) mass is 558 g/mol. The van der Waals surface area contributed by atoms with Gasteiger partial charge in [0.2, 0.25) is 0 Å². The van der Waals surface area contributed by atoms with Gasteiger partial charge in [-0.15, -0.1) is 0 Å². The maximum atomic E-state index is 13.4. The molecule has 2 fully saturated rings. The number of benzene rings is 3. The molecule has 0 unspecified atom stereocenters. The number of hydrogen-bond acceptors (Lipinski definition) is 8. The first-order valence-electron chi connectivity index (χ1n) is 13.6. The molecule has 0 spiro atoms. The van der Waals surface area contributed by atoms with Crippen molar-refractivity contribution in [2.75, 3.05) is 46.5 Å². The van der Waals surface area contributed by atoms with Crippen LogP contribution in [0.15, 0.2) is 72.3 Å². The van der Waals surface area contributed by atoms with Crippen molar-refractivity contribution in [1.82, 2.24) is 9.80 Å². The van der Waals surface area contributed by atoms with Crippen LogP contribution >= 0.6 is 0 Å². The van der Waals surface area contributed by atoms with Crippen molar-refractivity contribution in [3.8, 4) is 17.2 Å². The molecule has 41 heavy (non-hydrogen) atoms. The van der Waals surface area contributed by atoms with E-state index in [-0.39, 0.29) is 29.4 Å². The minimum Gasteiger partial charge on any atom is -0.507 e. The number of carbonyl (C=O) groups is 2. The van der Waals surface area contributed by atoms with Gasteiger partial charge in [-0.2, -0.15) is 0 Å². The van der Waals surface area contributed by atoms with Gasteiger partial charge in [0.15, 0.2) is 11.5 Å². The molecule has 214 valence electrons. The smallest absolute Gasteiger partial charge is 0.295 e. The fourth-order valence-corrected chi connectivity index (χ4v) is 5.19. The first kappa shape index (κ1) is 28.2. The highest BCUT2D eigenvalue weighted by Gasteiger charge is 2.46. The fourth-order valence-electron chi connectivity index (χ4n) is 5.19. The van der Waals surface area contributed by atoms with Crippen molar-refractivity contribution in [2.24, 2.45) is 0 Å². The second-order valence-electron chi connectivity index (χ2n) is 10.1. The molecule has 9 nitrogen and oxygen atoms in total. The summed E-state index contributed by atoms with van der Waals surface area (Å²) < 4.78 is 16.6. The third-order valence-electron chi connectivity index (χ3n) is 7.60. The van der Waals surface area contributed by atoms with Gasteiger partial charge in [-0.1, -0.05) is 30.3 Å². The summed E-state index contributed by atoms with van der Waals surface area (Å²) in [5.74, 6) is -0.981. The predicted octanol–water partition coefficient (Wildman–Crippen LogP) is 4.04. The van der Waals surface area contributed by atoms with Crippen molar-refractivity contribution < 1.29 is 34.0 Å². The van der Waals surface area contributed by atoms with Gasteiger partial charge in [0.25, 0.3) is 11.7 Å². The van der Waals surface area contributed by atoms with Crippen molar-refractivity contribution in [2.45, 2.75) is 19.6 Å². The van der Waals surface area contributed by atoms with Crippen LogP contribution in [0.3, 0.4) is 0 Å². The van der Waals surface area contributed by atoms with Gasteiger partial charge in [0.05, 0.1) is 31.9 Å². The maximum absolute atomic E-state index is 13.4. The number of ether oxygens (including phenoxy) is 3. The number of amides is 1. The summed E-state index contributed by atoms with van der Waals surface area (Å²) in [6.45, 7) is 5.95. The van der Waals surface area contributed by atoms with Crippen LogP contribution in [0.1, 0.15) is 28.3 Å². The molecule has 3 aromatic carbocycles. The first-order valence-corrected chi connectivity index (χ1v) is 13.6. The average molecular weight is 559 g/mol. The number of likely N-dealkylation sites (tertiary alicyclic amines) is 1. The Balaban J connectivity index is 1.45. The Bertz CT molecular complexity index is 1440. The molecule has 2 saturated heterocycles. The number of aryl methyl sites for hydroxylation is 1. The Hall–Kier alpha value is -4.34. The van der Waals surface area contributed by atoms with Crippen LogP contribution < -0.4 is 9.47 Å². The van der Waals surface area contributed by atoms with Gasteiger partial charge >= 0.3 is 0 Å². The highest BCUT2D eigenvalue weighted by Crippen LogP contribution is 2.41. The molecule has 2 aliphatic rings. The van der Waals surface area contributed by atoms with Crippen LogP contribution in [0.2, 0.25) is 0 Å². The van der Waals surface area contributed by atoms with Gasteiger partial charge in [0.1, 0.15) is 18.1 Å². The number of rotatable bonds is 9. The number of hydrogen-bond donors (Lipinski definition) is 2. The van der Waals surface area contributed by atoms with Gasteiger partial charge in [-0.25, -0.2) is 0 Å². The third kappa shape index (κ3) is 6.06. The number of aromatic hydroxyl groups is 1. The predicted molar refractivity (Wildman–Crippen MR) is 153 cm³/mol. The molecule has 3 aromatic rings. The minimum absolute atomic E-state index is 0.0155. The fraction of sp³-hybridized carbons (Fsp3) is 0.312. The zero-order valence-corrected chi connectivity index (χ0v) is 23.2. The molecule has 0 bridgehead atoms. The van der Waals surface area contributed by atoms with Crippen LogP contribution in [0.5, 0.6) is 17.2 Å². The number of carbonyl (C=O) groups excluding carboxylic acids is 2. The zero-order chi connectivity index (χ0) is 28.9. The molecule has 5 rings (SSSR count). The van der Waals surface area contributed by atoms with E-state index < -0.39 is 17.7 Å². The van der Waals surface area contributed by atoms with E-state index in [9.17, 15) is 19.8 Å². The Kier molecular flexibility index (Phi) is 8.56. The van der Waals surface area contributed by atoms with Crippen LogP contribution in [0.25, 0.3) is 5.76 Å². The largest absolute Gasteiger partial charge is 0.507 e. The summed E-state index contributed by atoms with van der Waals surface area (Å²) in [5.41, 5.74) is 3.11. The van der Waals surface area contributed by atoms with Crippen LogP contribution in [0, 0.1) is 6.92 Å². The lowest BCUT2D eigenvalue weighted by Crippen LogP contribution is -2.42. The zero-order valence-electron chi connectivity index (χ0n) is 23.2. The lowest BCUT2D eigenvalue weighted by atomic mass is 9.95. The van der Waals surface area contributed by atoms with E-state index in [2.05, 4.69) is 4.90 Å². The van der Waals surface area contributed by atoms with Crippen LogP contribution in [0.4, 0.5) is 0 Å². The van der Waals surface area contributed by atoms with Crippen molar-refractivity contribution in [3.05, 3.63) is 94.6 Å². The molecular formula is C32H34N2O7. The Morgan fingerprint density at radius 1 is 1.00 bits per heavy atom. The van der Waals surface area contributed by atoms with E-state index in [1.54, 1.807) is 36.4 Å². The standard InChI is InChI=1S/C32H34N2O7/c1-21-5-3-4-6-24(21)20-41-25-10-7-22(8-11-25)30(36)28-29(23-9-12-26(35)27(19-23)39-2)34(32(38)31(28)37)14-13-33-15-17-40-18-16-33/h3-12,19,29,35-36H,13-18,20H2,1-2H3/b30-28+/t29-/m1/s1. The maximum Gasteiger partial charge on any atom is 0.295 e. The summed E-state index contributed by atoms with van der Waals surface area (Å²) >= 11 is 0. The number of methoxy groups -OCH3 is 1. The summed E-state index contributed by atoms with van der Waals surface area (Å²) in [4.78, 5) is 30.4. The van der Waals surface area contributed by atoms with E-state index in [1.807, 2.05) is 31.2 Å². The molecule has 0 aliphatic carbocycles. The summed E-state index contributed by atoms with van der Waals surface area (Å²) in [5, 5.41) is 21.6. The number of phenols is 1. The number of phenolic OH excluding ortho intramolecular Hbond substituents is 1. The van der Waals surface area contributed by atoms with Gasteiger partial charge in [0, 0.05) is 31.7 Å². The van der Waals surface area contributed by atoms with E-state index in [1.165, 1.54) is 18.1 Å². The second-order valence-corrected chi connectivity index (χ2v) is 10.1. The van der Waals surface area contributed by atoms with Crippen LogP contribution in [-0.2, 0) is 20.9 Å². The molecule has 1 atom stereocenters. The summed E-state index contributed by atoms with van der Waals surface area (Å²) in [6, 6.07) is 18.6. The molecule has 2 heterocycles. The van der Waals surface area contributed by atoms with E-state index >= 15 is 0 Å². The molecule has 1 amide bonds. The topological polar surface area (TPSA) is 109 Å².